The Morgan fingerprint density at radius 3 is 2.55 bits per heavy atom. The van der Waals surface area contributed by atoms with Gasteiger partial charge in [-0.1, -0.05) is 27.2 Å². The summed E-state index contributed by atoms with van der Waals surface area (Å²) in [5.74, 6) is 1.91. The zero-order valence-corrected chi connectivity index (χ0v) is 13.5. The minimum Gasteiger partial charge on any atom is -0.458 e. The summed E-state index contributed by atoms with van der Waals surface area (Å²) >= 11 is 0. The Morgan fingerprint density at radius 1 is 1.20 bits per heavy atom. The number of carbonyl (C=O) groups excluding carboxylic acids is 1. The third-order valence-corrected chi connectivity index (χ3v) is 5.20. The van der Waals surface area contributed by atoms with Crippen molar-refractivity contribution in [1.82, 2.24) is 0 Å². The molecule has 0 aromatic carbocycles. The lowest BCUT2D eigenvalue weighted by atomic mass is 9.75. The van der Waals surface area contributed by atoms with Crippen LogP contribution in [0.15, 0.2) is 0 Å². The van der Waals surface area contributed by atoms with Gasteiger partial charge in [0.15, 0.2) is 6.54 Å². The average Bonchev–Trinajstić information content (AvgIpc) is 2.39. The highest BCUT2D eigenvalue weighted by molar-refractivity contribution is 5.70. The molecule has 3 atom stereocenters. The summed E-state index contributed by atoms with van der Waals surface area (Å²) in [7, 11) is 0. The van der Waals surface area contributed by atoms with Crippen LogP contribution in [0.4, 0.5) is 0 Å². The molecule has 3 nitrogen and oxygen atoms in total. The second-order valence-electron chi connectivity index (χ2n) is 7.34. The Kier molecular flexibility index (Phi) is 5.88. The van der Waals surface area contributed by atoms with Crippen molar-refractivity contribution in [3.63, 3.8) is 0 Å². The Hall–Kier alpha value is -0.570. The predicted octanol–water partition coefficient (Wildman–Crippen LogP) is 2.06. The molecular formula is C17H32NO2+. The van der Waals surface area contributed by atoms with Crippen molar-refractivity contribution in [2.24, 2.45) is 17.8 Å². The summed E-state index contributed by atoms with van der Waals surface area (Å²) in [6.45, 7) is 9.67. The monoisotopic (exact) mass is 282 g/mol. The van der Waals surface area contributed by atoms with Crippen molar-refractivity contribution >= 4 is 5.97 Å². The van der Waals surface area contributed by atoms with Gasteiger partial charge in [-0.2, -0.15) is 0 Å². The zero-order valence-electron chi connectivity index (χ0n) is 13.5. The second kappa shape index (κ2) is 7.44. The maximum absolute atomic E-state index is 12.2. The number of carbonyl (C=O) groups is 1. The molecule has 20 heavy (non-hydrogen) atoms. The van der Waals surface area contributed by atoms with Gasteiger partial charge in [0.2, 0.25) is 0 Å². The minimum atomic E-state index is 0.0339. The van der Waals surface area contributed by atoms with Crippen molar-refractivity contribution in [2.45, 2.75) is 65.4 Å². The summed E-state index contributed by atoms with van der Waals surface area (Å²) in [5, 5.41) is 0. The number of quaternary nitrogens is 1. The first-order valence-corrected chi connectivity index (χ1v) is 8.59. The highest BCUT2D eigenvalue weighted by Crippen LogP contribution is 2.35. The fourth-order valence-electron chi connectivity index (χ4n) is 3.89. The quantitative estimate of drug-likeness (QED) is 0.800. The van der Waals surface area contributed by atoms with Crippen LogP contribution in [0.25, 0.3) is 0 Å². The zero-order chi connectivity index (χ0) is 14.5. The average molecular weight is 282 g/mol. The summed E-state index contributed by atoms with van der Waals surface area (Å²) in [6, 6.07) is 0. The molecule has 0 aromatic heterocycles. The molecule has 2 aliphatic rings. The van der Waals surface area contributed by atoms with Gasteiger partial charge in [-0.3, -0.25) is 0 Å². The molecule has 0 spiro atoms. The number of rotatable bonds is 4. The molecule has 116 valence electrons. The molecule has 0 bridgehead atoms. The van der Waals surface area contributed by atoms with E-state index < -0.39 is 0 Å². The van der Waals surface area contributed by atoms with Crippen LogP contribution in [0.5, 0.6) is 0 Å². The molecular weight excluding hydrogens is 250 g/mol. The van der Waals surface area contributed by atoms with Crippen molar-refractivity contribution < 1.29 is 14.4 Å². The van der Waals surface area contributed by atoms with E-state index in [0.29, 0.717) is 24.3 Å². The lowest BCUT2D eigenvalue weighted by Gasteiger charge is -2.36. The van der Waals surface area contributed by atoms with Crippen LogP contribution in [-0.2, 0) is 9.53 Å². The van der Waals surface area contributed by atoms with Crippen molar-refractivity contribution in [3.8, 4) is 0 Å². The maximum Gasteiger partial charge on any atom is 0.361 e. The van der Waals surface area contributed by atoms with Crippen LogP contribution in [0.2, 0.25) is 0 Å². The Bertz CT molecular complexity index is 310. The van der Waals surface area contributed by atoms with E-state index in [1.165, 1.54) is 37.0 Å². The largest absolute Gasteiger partial charge is 0.458 e. The van der Waals surface area contributed by atoms with E-state index in [4.69, 9.17) is 4.74 Å². The third-order valence-electron chi connectivity index (χ3n) is 5.20. The van der Waals surface area contributed by atoms with E-state index in [1.807, 2.05) is 0 Å². The van der Waals surface area contributed by atoms with E-state index in [2.05, 4.69) is 20.8 Å². The van der Waals surface area contributed by atoms with Crippen molar-refractivity contribution in [2.75, 3.05) is 19.6 Å². The van der Waals surface area contributed by atoms with Gasteiger partial charge in [0.05, 0.1) is 13.1 Å². The lowest BCUT2D eigenvalue weighted by Crippen LogP contribution is -3.13. The van der Waals surface area contributed by atoms with E-state index in [1.54, 1.807) is 0 Å². The molecule has 1 saturated heterocycles. The van der Waals surface area contributed by atoms with E-state index in [-0.39, 0.29) is 12.1 Å². The molecule has 1 heterocycles. The first-order valence-electron chi connectivity index (χ1n) is 8.59. The Labute approximate surface area is 124 Å². The fourth-order valence-corrected chi connectivity index (χ4v) is 3.89. The first-order chi connectivity index (χ1) is 9.56. The number of esters is 1. The molecule has 1 saturated carbocycles. The molecule has 1 N–H and O–H groups in total. The topological polar surface area (TPSA) is 30.7 Å². The Balaban J connectivity index is 1.83. The van der Waals surface area contributed by atoms with E-state index in [0.717, 1.165) is 19.5 Å². The van der Waals surface area contributed by atoms with Gasteiger partial charge >= 0.3 is 5.97 Å². The SMILES string of the molecule is CC(C)[C@H]1CC[C@@H](C)C[C@H]1OC(=O)C[NH+]1CCCCC1. The molecule has 0 aromatic rings. The minimum absolute atomic E-state index is 0.0339. The number of hydrogen-bond donors (Lipinski definition) is 1. The summed E-state index contributed by atoms with van der Waals surface area (Å²) in [6.07, 6.45) is 7.57. The molecule has 0 amide bonds. The van der Waals surface area contributed by atoms with Crippen LogP contribution in [0.1, 0.15) is 59.3 Å². The maximum atomic E-state index is 12.2. The molecule has 3 heteroatoms. The van der Waals surface area contributed by atoms with Gasteiger partial charge in [0.1, 0.15) is 6.10 Å². The summed E-state index contributed by atoms with van der Waals surface area (Å²) in [5.41, 5.74) is 0. The second-order valence-corrected chi connectivity index (χ2v) is 7.34. The number of likely N-dealkylation sites (tertiary alicyclic amines) is 1. The number of nitrogens with one attached hydrogen (secondary N) is 1. The summed E-state index contributed by atoms with van der Waals surface area (Å²) in [4.78, 5) is 13.6. The van der Waals surface area contributed by atoms with Gasteiger partial charge in [-0.15, -0.1) is 0 Å². The summed E-state index contributed by atoms with van der Waals surface area (Å²) < 4.78 is 5.88. The van der Waals surface area contributed by atoms with E-state index in [9.17, 15) is 4.79 Å². The van der Waals surface area contributed by atoms with Crippen LogP contribution >= 0.6 is 0 Å². The van der Waals surface area contributed by atoms with Gasteiger partial charge in [-0.25, -0.2) is 4.79 Å². The normalized spacial score (nSPS) is 32.3. The predicted molar refractivity (Wildman–Crippen MR) is 80.6 cm³/mol. The third kappa shape index (κ3) is 4.47. The number of piperidine rings is 1. The van der Waals surface area contributed by atoms with Gasteiger partial charge in [0, 0.05) is 0 Å². The molecule has 0 radical (unpaired) electrons. The molecule has 0 unspecified atom stereocenters. The first kappa shape index (κ1) is 15.8. The van der Waals surface area contributed by atoms with Gasteiger partial charge in [-0.05, 0) is 49.9 Å². The van der Waals surface area contributed by atoms with Crippen molar-refractivity contribution in [1.29, 1.82) is 0 Å². The highest BCUT2D eigenvalue weighted by atomic mass is 16.5. The van der Waals surface area contributed by atoms with Crippen LogP contribution in [0.3, 0.4) is 0 Å². The Morgan fingerprint density at radius 2 is 1.90 bits per heavy atom. The lowest BCUT2D eigenvalue weighted by molar-refractivity contribution is -0.897. The number of ether oxygens (including phenoxy) is 1. The standard InChI is InChI=1S/C17H31NO2/c1-13(2)15-8-7-14(3)11-16(15)20-17(19)12-18-9-5-4-6-10-18/h13-16H,4-12H2,1-3H3/p+1/t14-,15-,16-/m1/s1. The van der Waals surface area contributed by atoms with Gasteiger partial charge in [0.25, 0.3) is 0 Å². The fraction of sp³-hybridized carbons (Fsp3) is 0.941. The molecule has 2 fully saturated rings. The smallest absolute Gasteiger partial charge is 0.361 e. The van der Waals surface area contributed by atoms with Crippen LogP contribution < -0.4 is 4.90 Å². The number of hydrogen-bond acceptors (Lipinski definition) is 2. The van der Waals surface area contributed by atoms with Crippen LogP contribution in [-0.4, -0.2) is 31.7 Å². The van der Waals surface area contributed by atoms with Crippen molar-refractivity contribution in [3.05, 3.63) is 0 Å². The van der Waals surface area contributed by atoms with E-state index >= 15 is 0 Å². The molecule has 1 aliphatic carbocycles. The van der Waals surface area contributed by atoms with Gasteiger partial charge < -0.3 is 9.64 Å². The molecule has 2 rings (SSSR count). The highest BCUT2D eigenvalue weighted by Gasteiger charge is 2.34. The molecule has 1 aliphatic heterocycles. The van der Waals surface area contributed by atoms with Crippen LogP contribution in [0, 0.1) is 17.8 Å².